The van der Waals surface area contributed by atoms with Crippen LogP contribution in [0, 0.1) is 0 Å². The number of hydrazone groups is 1. The number of amides is 1. The van der Waals surface area contributed by atoms with Gasteiger partial charge in [-0.2, -0.15) is 13.7 Å². The molecule has 5 aromatic rings. The molecule has 50 heavy (non-hydrogen) atoms. The van der Waals surface area contributed by atoms with Gasteiger partial charge in [0.15, 0.2) is 0 Å². The molecule has 0 bridgehead atoms. The van der Waals surface area contributed by atoms with Gasteiger partial charge in [0.2, 0.25) is 20.0 Å². The maximum atomic E-state index is 13.7. The first-order valence-corrected chi connectivity index (χ1v) is 19.5. The quantitative estimate of drug-likeness (QED) is 0.0885. The molecule has 5 rings (SSSR count). The van der Waals surface area contributed by atoms with Gasteiger partial charge in [-0.15, -0.1) is 0 Å². The number of rotatable bonds is 15. The van der Waals surface area contributed by atoms with Crippen LogP contribution in [0.15, 0.2) is 139 Å². The van der Waals surface area contributed by atoms with Crippen molar-refractivity contribution in [2.24, 2.45) is 5.10 Å². The summed E-state index contributed by atoms with van der Waals surface area (Å²) in [5.41, 5.74) is 3.99. The van der Waals surface area contributed by atoms with Crippen LogP contribution in [0.25, 0.3) is 0 Å². The molecule has 1 heterocycles. The van der Waals surface area contributed by atoms with Gasteiger partial charge in [0.05, 0.1) is 29.1 Å². The Balaban J connectivity index is 1.27. The van der Waals surface area contributed by atoms with Crippen LogP contribution in [-0.2, 0) is 44.4 Å². The second-order valence-electron chi connectivity index (χ2n) is 11.0. The van der Waals surface area contributed by atoms with E-state index in [1.54, 1.807) is 48.5 Å². The standard InChI is InChI=1S/C35H31BrCl2N4O6S2/c36-28-8-16-33(17-9-28)49(44,45)41(21-20-26-4-2-1-3-5-26)25-35(43)40-39-22-31-14-15-32(48-31)24-42(23-27-6-10-29(37)11-7-27)50(46,47)34-18-12-30(38)13-19-34/h1-19,22H,20-21,23-25H2,(H,40,43)/b39-22-. The van der Waals surface area contributed by atoms with Gasteiger partial charge >= 0.3 is 0 Å². The zero-order valence-electron chi connectivity index (χ0n) is 26.3. The third-order valence-corrected chi connectivity index (χ3v) is 12.1. The molecule has 0 saturated heterocycles. The van der Waals surface area contributed by atoms with Crippen molar-refractivity contribution in [2.75, 3.05) is 13.1 Å². The highest BCUT2D eigenvalue weighted by Crippen LogP contribution is 2.24. The lowest BCUT2D eigenvalue weighted by Crippen LogP contribution is -2.40. The van der Waals surface area contributed by atoms with Crippen LogP contribution in [-0.4, -0.2) is 50.7 Å². The van der Waals surface area contributed by atoms with E-state index in [4.69, 9.17) is 27.6 Å². The van der Waals surface area contributed by atoms with E-state index < -0.39 is 32.5 Å². The van der Waals surface area contributed by atoms with Crippen LogP contribution >= 0.6 is 39.1 Å². The number of sulfonamides is 2. The Morgan fingerprint density at radius 1 is 0.720 bits per heavy atom. The summed E-state index contributed by atoms with van der Waals surface area (Å²) in [6, 6.07) is 31.4. The van der Waals surface area contributed by atoms with E-state index in [0.29, 0.717) is 27.8 Å². The van der Waals surface area contributed by atoms with Crippen LogP contribution in [0.3, 0.4) is 0 Å². The molecular formula is C35H31BrCl2N4O6S2. The molecule has 260 valence electrons. The highest BCUT2D eigenvalue weighted by Gasteiger charge is 2.28. The number of furan rings is 1. The fraction of sp³-hybridized carbons (Fsp3) is 0.143. The third-order valence-electron chi connectivity index (χ3n) is 7.38. The smallest absolute Gasteiger partial charge is 0.255 e. The van der Waals surface area contributed by atoms with Crippen LogP contribution in [0.1, 0.15) is 22.6 Å². The highest BCUT2D eigenvalue weighted by atomic mass is 79.9. The van der Waals surface area contributed by atoms with Crippen molar-refractivity contribution in [2.45, 2.75) is 29.3 Å². The van der Waals surface area contributed by atoms with Crippen molar-refractivity contribution in [3.63, 3.8) is 0 Å². The predicted octanol–water partition coefficient (Wildman–Crippen LogP) is 7.12. The Hall–Kier alpha value is -3.82. The van der Waals surface area contributed by atoms with Crippen molar-refractivity contribution in [3.8, 4) is 0 Å². The zero-order chi connectivity index (χ0) is 35.7. The summed E-state index contributed by atoms with van der Waals surface area (Å²) in [4.78, 5) is 13.1. The molecule has 0 unspecified atom stereocenters. The predicted molar refractivity (Wildman–Crippen MR) is 197 cm³/mol. The van der Waals surface area contributed by atoms with Crippen molar-refractivity contribution in [3.05, 3.63) is 152 Å². The third kappa shape index (κ3) is 10.1. The summed E-state index contributed by atoms with van der Waals surface area (Å²) in [6.45, 7) is -0.495. The van der Waals surface area contributed by atoms with E-state index in [-0.39, 0.29) is 35.2 Å². The minimum absolute atomic E-state index is 0.0340. The molecule has 4 aromatic carbocycles. The van der Waals surface area contributed by atoms with Gasteiger partial charge in [0.25, 0.3) is 5.91 Å². The molecular weight excluding hydrogens is 787 g/mol. The van der Waals surface area contributed by atoms with Gasteiger partial charge in [-0.3, -0.25) is 4.79 Å². The minimum Gasteiger partial charge on any atom is -0.459 e. The number of hydrogen-bond acceptors (Lipinski definition) is 7. The number of benzene rings is 4. The summed E-state index contributed by atoms with van der Waals surface area (Å²) >= 11 is 15.3. The number of nitrogens with one attached hydrogen (secondary N) is 1. The first kappa shape index (κ1) is 37.4. The van der Waals surface area contributed by atoms with Crippen LogP contribution in [0.2, 0.25) is 10.0 Å². The van der Waals surface area contributed by atoms with Crippen molar-refractivity contribution < 1.29 is 26.0 Å². The summed E-state index contributed by atoms with van der Waals surface area (Å²) in [6.07, 6.45) is 1.64. The summed E-state index contributed by atoms with van der Waals surface area (Å²) in [5, 5.41) is 4.88. The summed E-state index contributed by atoms with van der Waals surface area (Å²) in [7, 11) is -7.99. The molecule has 15 heteroatoms. The van der Waals surface area contributed by atoms with E-state index in [1.165, 1.54) is 46.9 Å². The average molecular weight is 819 g/mol. The average Bonchev–Trinajstić information content (AvgIpc) is 3.55. The number of carbonyl (C=O) groups excluding carboxylic acids is 1. The largest absolute Gasteiger partial charge is 0.459 e. The first-order chi connectivity index (χ1) is 23.9. The molecule has 0 aliphatic heterocycles. The zero-order valence-corrected chi connectivity index (χ0v) is 31.1. The Morgan fingerprint density at radius 2 is 1.30 bits per heavy atom. The van der Waals surface area contributed by atoms with E-state index in [0.717, 1.165) is 14.3 Å². The van der Waals surface area contributed by atoms with Crippen molar-refractivity contribution in [1.29, 1.82) is 0 Å². The molecule has 0 radical (unpaired) electrons. The second kappa shape index (κ2) is 16.9. The van der Waals surface area contributed by atoms with E-state index in [2.05, 4.69) is 26.5 Å². The fourth-order valence-electron chi connectivity index (χ4n) is 4.80. The number of halogens is 3. The van der Waals surface area contributed by atoms with Gasteiger partial charge < -0.3 is 4.42 Å². The fourth-order valence-corrected chi connectivity index (χ4v) is 8.11. The lowest BCUT2D eigenvalue weighted by molar-refractivity contribution is -0.121. The lowest BCUT2D eigenvalue weighted by atomic mass is 10.1. The maximum Gasteiger partial charge on any atom is 0.255 e. The molecule has 0 fully saturated rings. The SMILES string of the molecule is O=C(CN(CCc1ccccc1)S(=O)(=O)c1ccc(Br)cc1)N/N=C\c1ccc(CN(Cc2ccc(Cl)cc2)S(=O)(=O)c2ccc(Cl)cc2)o1. The van der Waals surface area contributed by atoms with E-state index in [1.807, 2.05) is 30.3 Å². The van der Waals surface area contributed by atoms with Gasteiger partial charge in [0, 0.05) is 27.6 Å². The normalized spacial score (nSPS) is 12.2. The molecule has 10 nitrogen and oxygen atoms in total. The van der Waals surface area contributed by atoms with Gasteiger partial charge in [-0.1, -0.05) is 81.6 Å². The molecule has 1 amide bonds. The molecule has 1 N–H and O–H groups in total. The van der Waals surface area contributed by atoms with Crippen molar-refractivity contribution in [1.82, 2.24) is 14.0 Å². The molecule has 0 aliphatic rings. The van der Waals surface area contributed by atoms with Crippen LogP contribution in [0.4, 0.5) is 0 Å². The lowest BCUT2D eigenvalue weighted by Gasteiger charge is -2.21. The number of carbonyl (C=O) groups is 1. The Labute approximate surface area is 309 Å². The number of hydrogen-bond donors (Lipinski definition) is 1. The van der Waals surface area contributed by atoms with Gasteiger partial charge in [-0.25, -0.2) is 22.3 Å². The number of nitrogens with zero attached hydrogens (tertiary/aromatic N) is 3. The topological polar surface area (TPSA) is 129 Å². The minimum atomic E-state index is -4.01. The highest BCUT2D eigenvalue weighted by molar-refractivity contribution is 9.10. The molecule has 1 aromatic heterocycles. The van der Waals surface area contributed by atoms with Crippen molar-refractivity contribution >= 4 is 71.3 Å². The monoisotopic (exact) mass is 816 g/mol. The molecule has 0 atom stereocenters. The maximum absolute atomic E-state index is 13.7. The molecule has 0 aliphatic carbocycles. The summed E-state index contributed by atoms with van der Waals surface area (Å²) in [5.74, 6) is -0.110. The molecule has 0 spiro atoms. The first-order valence-electron chi connectivity index (χ1n) is 15.1. The van der Waals surface area contributed by atoms with Gasteiger partial charge in [-0.05, 0) is 90.3 Å². The second-order valence-corrected chi connectivity index (χ2v) is 16.6. The Bertz CT molecular complexity index is 2150. The van der Waals surface area contributed by atoms with Crippen LogP contribution < -0.4 is 5.43 Å². The Kier molecular flexibility index (Phi) is 12.7. The van der Waals surface area contributed by atoms with Crippen LogP contribution in [0.5, 0.6) is 0 Å². The molecule has 0 saturated carbocycles. The van der Waals surface area contributed by atoms with Gasteiger partial charge in [0.1, 0.15) is 11.5 Å². The Morgan fingerprint density at radius 3 is 1.94 bits per heavy atom. The summed E-state index contributed by atoms with van der Waals surface area (Å²) < 4.78 is 63.3. The van der Waals surface area contributed by atoms with E-state index in [9.17, 15) is 21.6 Å². The van der Waals surface area contributed by atoms with E-state index >= 15 is 0 Å².